The highest BCUT2D eigenvalue weighted by Crippen LogP contribution is 2.19. The predicted octanol–water partition coefficient (Wildman–Crippen LogP) is 2.85. The lowest BCUT2D eigenvalue weighted by molar-refractivity contribution is -0.128. The molecule has 0 saturated carbocycles. The molecule has 1 N–H and O–H groups in total. The normalized spacial score (nSPS) is 20.1. The summed E-state index contributed by atoms with van der Waals surface area (Å²) in [6.45, 7) is 4.35. The van der Waals surface area contributed by atoms with E-state index in [2.05, 4.69) is 5.32 Å². The second kappa shape index (κ2) is 6.27. The summed E-state index contributed by atoms with van der Waals surface area (Å²) in [7, 11) is 0. The SMILES string of the molecule is CC[C@H](C)[C@@H]1NC(=O)N(CCc2ccccc2Cl)C1=O. The predicted molar refractivity (Wildman–Crippen MR) is 78.6 cm³/mol. The number of hydrogen-bond acceptors (Lipinski definition) is 2. The van der Waals surface area contributed by atoms with Gasteiger partial charge < -0.3 is 5.32 Å². The molecule has 1 saturated heterocycles. The van der Waals surface area contributed by atoms with Gasteiger partial charge in [-0.1, -0.05) is 50.1 Å². The first-order chi connectivity index (χ1) is 9.54. The Balaban J connectivity index is 2.02. The van der Waals surface area contributed by atoms with Crippen molar-refractivity contribution in [3.8, 4) is 0 Å². The van der Waals surface area contributed by atoms with Gasteiger partial charge in [-0.25, -0.2) is 4.79 Å². The second-order valence-corrected chi connectivity index (χ2v) is 5.55. The molecule has 0 aromatic heterocycles. The molecule has 2 rings (SSSR count). The lowest BCUT2D eigenvalue weighted by Crippen LogP contribution is -2.36. The van der Waals surface area contributed by atoms with Crippen LogP contribution in [0.5, 0.6) is 0 Å². The number of nitrogens with zero attached hydrogens (tertiary/aromatic N) is 1. The molecule has 1 aromatic carbocycles. The first kappa shape index (κ1) is 14.9. The van der Waals surface area contributed by atoms with E-state index in [1.165, 1.54) is 4.90 Å². The van der Waals surface area contributed by atoms with Crippen LogP contribution in [0.4, 0.5) is 4.79 Å². The van der Waals surface area contributed by atoms with Crippen molar-refractivity contribution in [3.63, 3.8) is 0 Å². The summed E-state index contributed by atoms with van der Waals surface area (Å²) in [5.41, 5.74) is 0.946. The second-order valence-electron chi connectivity index (χ2n) is 5.14. The maximum Gasteiger partial charge on any atom is 0.324 e. The van der Waals surface area contributed by atoms with Gasteiger partial charge in [0.15, 0.2) is 0 Å². The molecule has 5 heteroatoms. The topological polar surface area (TPSA) is 49.4 Å². The van der Waals surface area contributed by atoms with Crippen LogP contribution in [0.25, 0.3) is 0 Å². The average Bonchev–Trinajstić information content (AvgIpc) is 2.73. The van der Waals surface area contributed by atoms with Gasteiger partial charge in [0.05, 0.1) is 0 Å². The molecule has 0 spiro atoms. The summed E-state index contributed by atoms with van der Waals surface area (Å²) in [5.74, 6) is 0.0215. The van der Waals surface area contributed by atoms with E-state index in [4.69, 9.17) is 11.6 Å². The van der Waals surface area contributed by atoms with Crippen LogP contribution in [-0.2, 0) is 11.2 Å². The van der Waals surface area contributed by atoms with E-state index >= 15 is 0 Å². The van der Waals surface area contributed by atoms with E-state index in [1.807, 2.05) is 38.1 Å². The van der Waals surface area contributed by atoms with E-state index < -0.39 is 6.04 Å². The Morgan fingerprint density at radius 1 is 1.35 bits per heavy atom. The van der Waals surface area contributed by atoms with Gasteiger partial charge in [0.25, 0.3) is 5.91 Å². The van der Waals surface area contributed by atoms with E-state index in [9.17, 15) is 9.59 Å². The Kier molecular flexibility index (Phi) is 4.65. The molecule has 0 bridgehead atoms. The van der Waals surface area contributed by atoms with Crippen LogP contribution in [0, 0.1) is 5.92 Å². The van der Waals surface area contributed by atoms with Crippen LogP contribution >= 0.6 is 11.6 Å². The number of rotatable bonds is 5. The molecule has 1 aromatic rings. The molecule has 2 atom stereocenters. The molecule has 0 aliphatic carbocycles. The lowest BCUT2D eigenvalue weighted by Gasteiger charge is -2.16. The molecule has 1 aliphatic rings. The van der Waals surface area contributed by atoms with Gasteiger partial charge in [-0.15, -0.1) is 0 Å². The Morgan fingerprint density at radius 3 is 2.70 bits per heavy atom. The Hall–Kier alpha value is -1.55. The van der Waals surface area contributed by atoms with E-state index in [1.54, 1.807) is 0 Å². The Labute approximate surface area is 124 Å². The molecule has 0 unspecified atom stereocenters. The summed E-state index contributed by atoms with van der Waals surface area (Å²) in [5, 5.41) is 3.42. The third-order valence-electron chi connectivity index (χ3n) is 3.83. The minimum absolute atomic E-state index is 0.128. The minimum Gasteiger partial charge on any atom is -0.326 e. The molecule has 4 nitrogen and oxygen atoms in total. The number of imide groups is 1. The fourth-order valence-electron chi connectivity index (χ4n) is 2.31. The average molecular weight is 295 g/mol. The third kappa shape index (κ3) is 2.96. The zero-order valence-corrected chi connectivity index (χ0v) is 12.5. The lowest BCUT2D eigenvalue weighted by atomic mass is 9.99. The van der Waals surface area contributed by atoms with Crippen molar-refractivity contribution in [1.29, 1.82) is 0 Å². The molecule has 1 heterocycles. The molecule has 1 fully saturated rings. The standard InChI is InChI=1S/C15H19ClN2O2/c1-3-10(2)13-14(19)18(15(20)17-13)9-8-11-6-4-5-7-12(11)16/h4-7,10,13H,3,8-9H2,1-2H3,(H,17,20)/t10-,13-/m0/s1. The molecule has 108 valence electrons. The number of carbonyl (C=O) groups is 2. The maximum atomic E-state index is 12.2. The number of carbonyl (C=O) groups excluding carboxylic acids is 2. The van der Waals surface area contributed by atoms with Crippen molar-refractivity contribution in [2.75, 3.05) is 6.54 Å². The Morgan fingerprint density at radius 2 is 2.05 bits per heavy atom. The number of halogens is 1. The molecule has 0 radical (unpaired) electrons. The van der Waals surface area contributed by atoms with E-state index in [0.29, 0.717) is 18.0 Å². The number of hydrogen-bond donors (Lipinski definition) is 1. The largest absolute Gasteiger partial charge is 0.326 e. The highest BCUT2D eigenvalue weighted by atomic mass is 35.5. The zero-order chi connectivity index (χ0) is 14.7. The van der Waals surface area contributed by atoms with E-state index in [-0.39, 0.29) is 17.9 Å². The van der Waals surface area contributed by atoms with E-state index in [0.717, 1.165) is 12.0 Å². The maximum absolute atomic E-state index is 12.2. The minimum atomic E-state index is -0.390. The molecular formula is C15H19ClN2O2. The van der Waals surface area contributed by atoms with Gasteiger partial charge >= 0.3 is 6.03 Å². The van der Waals surface area contributed by atoms with Crippen molar-refractivity contribution >= 4 is 23.5 Å². The van der Waals surface area contributed by atoms with Crippen molar-refractivity contribution in [1.82, 2.24) is 10.2 Å². The fraction of sp³-hybridized carbons (Fsp3) is 0.467. The van der Waals surface area contributed by atoms with Crippen LogP contribution in [-0.4, -0.2) is 29.4 Å². The highest BCUT2D eigenvalue weighted by molar-refractivity contribution is 6.31. The summed E-state index contributed by atoms with van der Waals surface area (Å²) in [6.07, 6.45) is 1.43. The van der Waals surface area contributed by atoms with Crippen LogP contribution < -0.4 is 5.32 Å². The van der Waals surface area contributed by atoms with Crippen LogP contribution in [0.3, 0.4) is 0 Å². The van der Waals surface area contributed by atoms with Crippen molar-refractivity contribution in [2.45, 2.75) is 32.7 Å². The first-order valence-corrected chi connectivity index (χ1v) is 7.27. The molecule has 3 amide bonds. The molecular weight excluding hydrogens is 276 g/mol. The Bertz CT molecular complexity index is 518. The van der Waals surface area contributed by atoms with Crippen molar-refractivity contribution in [3.05, 3.63) is 34.9 Å². The van der Waals surface area contributed by atoms with Crippen LogP contribution in [0.2, 0.25) is 5.02 Å². The van der Waals surface area contributed by atoms with Gasteiger partial charge in [-0.05, 0) is 24.0 Å². The first-order valence-electron chi connectivity index (χ1n) is 6.89. The molecule has 1 aliphatic heterocycles. The summed E-state index contributed by atoms with van der Waals surface area (Å²) in [6, 6.07) is 6.79. The summed E-state index contributed by atoms with van der Waals surface area (Å²) in [4.78, 5) is 25.4. The number of amides is 3. The van der Waals surface area contributed by atoms with Crippen molar-refractivity contribution < 1.29 is 9.59 Å². The summed E-state index contributed by atoms with van der Waals surface area (Å²) < 4.78 is 0. The zero-order valence-electron chi connectivity index (χ0n) is 11.7. The monoisotopic (exact) mass is 294 g/mol. The molecule has 20 heavy (non-hydrogen) atoms. The summed E-state index contributed by atoms with van der Waals surface area (Å²) >= 11 is 6.08. The smallest absolute Gasteiger partial charge is 0.324 e. The quantitative estimate of drug-likeness (QED) is 0.849. The van der Waals surface area contributed by atoms with Gasteiger partial charge in [0.1, 0.15) is 6.04 Å². The number of benzene rings is 1. The number of nitrogens with one attached hydrogen (secondary N) is 1. The van der Waals surface area contributed by atoms with Gasteiger partial charge in [0.2, 0.25) is 0 Å². The highest BCUT2D eigenvalue weighted by Gasteiger charge is 2.39. The van der Waals surface area contributed by atoms with Crippen LogP contribution in [0.15, 0.2) is 24.3 Å². The fourth-order valence-corrected chi connectivity index (χ4v) is 2.54. The van der Waals surface area contributed by atoms with Gasteiger partial charge in [-0.2, -0.15) is 0 Å². The van der Waals surface area contributed by atoms with Gasteiger partial charge in [0, 0.05) is 11.6 Å². The van der Waals surface area contributed by atoms with Crippen molar-refractivity contribution in [2.24, 2.45) is 5.92 Å². The third-order valence-corrected chi connectivity index (χ3v) is 4.20. The van der Waals surface area contributed by atoms with Gasteiger partial charge in [-0.3, -0.25) is 9.69 Å². The van der Waals surface area contributed by atoms with Crippen LogP contribution in [0.1, 0.15) is 25.8 Å². The number of urea groups is 1.